The molecule has 2 aliphatic rings. The van der Waals surface area contributed by atoms with Crippen molar-refractivity contribution in [1.29, 1.82) is 0 Å². The predicted octanol–water partition coefficient (Wildman–Crippen LogP) is 3.24. The van der Waals surface area contributed by atoms with Gasteiger partial charge in [-0.2, -0.15) is 0 Å². The van der Waals surface area contributed by atoms with E-state index in [2.05, 4.69) is 40.3 Å². The molecule has 2 fully saturated rings. The van der Waals surface area contributed by atoms with E-state index in [4.69, 9.17) is 4.74 Å². The highest BCUT2D eigenvalue weighted by Gasteiger charge is 2.35. The van der Waals surface area contributed by atoms with Gasteiger partial charge in [-0.1, -0.05) is 30.5 Å². The van der Waals surface area contributed by atoms with E-state index in [1.807, 2.05) is 7.05 Å². The number of methoxy groups -OCH3 is 1. The number of benzene rings is 1. The Balaban J connectivity index is 1.54. The molecule has 1 aromatic rings. The summed E-state index contributed by atoms with van der Waals surface area (Å²) in [5.74, 6) is 3.81. The molecule has 1 saturated carbocycles. The lowest BCUT2D eigenvalue weighted by molar-refractivity contribution is 0.299. The number of aliphatic imine (C=N–C) groups is 1. The van der Waals surface area contributed by atoms with Gasteiger partial charge in [-0.05, 0) is 49.7 Å². The zero-order valence-corrected chi connectivity index (χ0v) is 15.3. The van der Waals surface area contributed by atoms with Crippen molar-refractivity contribution in [2.45, 2.75) is 39.0 Å². The molecule has 1 N–H and O–H groups in total. The highest BCUT2D eigenvalue weighted by molar-refractivity contribution is 5.80. The quantitative estimate of drug-likeness (QED) is 0.680. The first-order valence-electron chi connectivity index (χ1n) is 9.30. The van der Waals surface area contributed by atoms with E-state index in [-0.39, 0.29) is 0 Å². The van der Waals surface area contributed by atoms with Gasteiger partial charge in [0.25, 0.3) is 0 Å². The highest BCUT2D eigenvalue weighted by atomic mass is 16.5. The zero-order valence-electron chi connectivity index (χ0n) is 15.3. The van der Waals surface area contributed by atoms with Crippen LogP contribution in [0.3, 0.4) is 0 Å². The summed E-state index contributed by atoms with van der Waals surface area (Å²) >= 11 is 0. The van der Waals surface area contributed by atoms with Gasteiger partial charge in [-0.3, -0.25) is 4.99 Å². The normalized spacial score (nSPS) is 24.0. The lowest BCUT2D eigenvalue weighted by Gasteiger charge is -2.22. The maximum Gasteiger partial charge on any atom is 0.193 e. The van der Waals surface area contributed by atoms with Crippen molar-refractivity contribution in [3.63, 3.8) is 0 Å². The standard InChI is InChI=1S/C20H31N3O/c1-15-8-9-19(24-3)16(12-15)10-11-22-20(21-2)23-13-17-6-4-5-7-18(17)14-23/h8-9,12,17-18H,4-7,10-11,13-14H2,1-3H3,(H,21,22). The second-order valence-corrected chi connectivity index (χ2v) is 7.25. The Morgan fingerprint density at radius 2 is 1.96 bits per heavy atom. The van der Waals surface area contributed by atoms with E-state index in [9.17, 15) is 0 Å². The Kier molecular flexibility index (Phi) is 5.64. The molecule has 132 valence electrons. The third-order valence-corrected chi connectivity index (χ3v) is 5.60. The summed E-state index contributed by atoms with van der Waals surface area (Å²) in [7, 11) is 3.64. The topological polar surface area (TPSA) is 36.9 Å². The van der Waals surface area contributed by atoms with Gasteiger partial charge in [-0.25, -0.2) is 0 Å². The number of fused-ring (bicyclic) bond motifs is 1. The SMILES string of the molecule is CN=C(NCCc1cc(C)ccc1OC)N1CC2CCCCC2C1. The van der Waals surface area contributed by atoms with Crippen LogP contribution in [0.15, 0.2) is 23.2 Å². The van der Waals surface area contributed by atoms with Gasteiger partial charge in [0.1, 0.15) is 5.75 Å². The summed E-state index contributed by atoms with van der Waals surface area (Å²) in [5.41, 5.74) is 2.54. The highest BCUT2D eigenvalue weighted by Crippen LogP contribution is 2.35. The molecule has 0 amide bonds. The van der Waals surface area contributed by atoms with Crippen LogP contribution in [0.25, 0.3) is 0 Å². The maximum atomic E-state index is 5.48. The molecule has 2 atom stereocenters. The Bertz CT molecular complexity index is 570. The fraction of sp³-hybridized carbons (Fsp3) is 0.650. The van der Waals surface area contributed by atoms with Crippen LogP contribution in [0.4, 0.5) is 0 Å². The summed E-state index contributed by atoms with van der Waals surface area (Å²) in [6.45, 7) is 5.37. The number of nitrogens with one attached hydrogen (secondary N) is 1. The Hall–Kier alpha value is -1.71. The molecule has 1 aromatic carbocycles. The Morgan fingerprint density at radius 3 is 2.58 bits per heavy atom. The summed E-state index contributed by atoms with van der Waals surface area (Å²) in [6.07, 6.45) is 6.57. The van der Waals surface area contributed by atoms with Crippen molar-refractivity contribution in [3.05, 3.63) is 29.3 Å². The molecule has 1 aliphatic carbocycles. The fourth-order valence-electron chi connectivity index (χ4n) is 4.32. The summed E-state index contributed by atoms with van der Waals surface area (Å²) in [5, 5.41) is 3.56. The molecule has 1 aliphatic heterocycles. The first-order chi connectivity index (χ1) is 11.7. The second-order valence-electron chi connectivity index (χ2n) is 7.25. The van der Waals surface area contributed by atoms with Crippen LogP contribution in [-0.4, -0.2) is 44.7 Å². The number of likely N-dealkylation sites (tertiary alicyclic amines) is 1. The first-order valence-corrected chi connectivity index (χ1v) is 9.30. The van der Waals surface area contributed by atoms with Gasteiger partial charge >= 0.3 is 0 Å². The van der Waals surface area contributed by atoms with Crippen LogP contribution in [0.5, 0.6) is 5.75 Å². The Morgan fingerprint density at radius 1 is 1.25 bits per heavy atom. The van der Waals surface area contributed by atoms with E-state index in [1.165, 1.54) is 49.9 Å². The lowest BCUT2D eigenvalue weighted by Crippen LogP contribution is -2.41. The average Bonchev–Trinajstić information content (AvgIpc) is 3.02. The molecule has 3 rings (SSSR count). The number of ether oxygens (including phenoxy) is 1. The third-order valence-electron chi connectivity index (χ3n) is 5.60. The van der Waals surface area contributed by atoms with Crippen molar-refractivity contribution >= 4 is 5.96 Å². The minimum atomic E-state index is 0.883. The smallest absolute Gasteiger partial charge is 0.193 e. The van der Waals surface area contributed by atoms with Crippen LogP contribution in [0, 0.1) is 18.8 Å². The number of rotatable bonds is 4. The van der Waals surface area contributed by atoms with Crippen LogP contribution in [-0.2, 0) is 6.42 Å². The minimum absolute atomic E-state index is 0.883. The van der Waals surface area contributed by atoms with E-state index in [0.717, 1.165) is 36.5 Å². The molecule has 0 spiro atoms. The summed E-state index contributed by atoms with van der Waals surface area (Å²) in [6, 6.07) is 6.37. The second kappa shape index (κ2) is 7.91. The number of hydrogen-bond acceptors (Lipinski definition) is 2. The lowest BCUT2D eigenvalue weighted by atomic mass is 9.82. The van der Waals surface area contributed by atoms with E-state index in [1.54, 1.807) is 7.11 Å². The molecule has 0 aromatic heterocycles. The van der Waals surface area contributed by atoms with Crippen molar-refractivity contribution in [1.82, 2.24) is 10.2 Å². The molecule has 0 bridgehead atoms. The van der Waals surface area contributed by atoms with Crippen LogP contribution < -0.4 is 10.1 Å². The number of aryl methyl sites for hydroxylation is 1. The molecular formula is C20H31N3O. The molecule has 4 heteroatoms. The van der Waals surface area contributed by atoms with Crippen molar-refractivity contribution in [2.24, 2.45) is 16.8 Å². The van der Waals surface area contributed by atoms with Crippen molar-refractivity contribution in [2.75, 3.05) is 33.8 Å². The number of hydrogen-bond donors (Lipinski definition) is 1. The number of nitrogens with zero attached hydrogens (tertiary/aromatic N) is 2. The first kappa shape index (κ1) is 17.1. The summed E-state index contributed by atoms with van der Waals surface area (Å²) in [4.78, 5) is 6.99. The van der Waals surface area contributed by atoms with Gasteiger partial charge in [0.2, 0.25) is 0 Å². The fourth-order valence-corrected chi connectivity index (χ4v) is 4.32. The average molecular weight is 329 g/mol. The molecule has 2 unspecified atom stereocenters. The molecule has 0 radical (unpaired) electrons. The van der Waals surface area contributed by atoms with Gasteiger partial charge in [-0.15, -0.1) is 0 Å². The maximum absolute atomic E-state index is 5.48. The van der Waals surface area contributed by atoms with Crippen molar-refractivity contribution in [3.8, 4) is 5.75 Å². The minimum Gasteiger partial charge on any atom is -0.496 e. The largest absolute Gasteiger partial charge is 0.496 e. The van der Waals surface area contributed by atoms with Crippen LogP contribution in [0.2, 0.25) is 0 Å². The molecular weight excluding hydrogens is 298 g/mol. The van der Waals surface area contributed by atoms with E-state index < -0.39 is 0 Å². The zero-order chi connectivity index (χ0) is 16.9. The molecule has 24 heavy (non-hydrogen) atoms. The molecule has 1 saturated heterocycles. The third kappa shape index (κ3) is 3.85. The summed E-state index contributed by atoms with van der Waals surface area (Å²) < 4.78 is 5.48. The molecule has 1 heterocycles. The van der Waals surface area contributed by atoms with Gasteiger partial charge in [0.05, 0.1) is 7.11 Å². The van der Waals surface area contributed by atoms with Crippen LogP contribution >= 0.6 is 0 Å². The van der Waals surface area contributed by atoms with Gasteiger partial charge < -0.3 is 15.0 Å². The van der Waals surface area contributed by atoms with Crippen molar-refractivity contribution < 1.29 is 4.74 Å². The number of guanidine groups is 1. The monoisotopic (exact) mass is 329 g/mol. The Labute approximate surface area is 146 Å². The van der Waals surface area contributed by atoms with Gasteiger partial charge in [0, 0.05) is 26.7 Å². The predicted molar refractivity (Wildman–Crippen MR) is 99.8 cm³/mol. The van der Waals surface area contributed by atoms with E-state index >= 15 is 0 Å². The molecule has 4 nitrogen and oxygen atoms in total. The van der Waals surface area contributed by atoms with Crippen LogP contribution in [0.1, 0.15) is 36.8 Å². The van der Waals surface area contributed by atoms with E-state index in [0.29, 0.717) is 0 Å². The van der Waals surface area contributed by atoms with Gasteiger partial charge in [0.15, 0.2) is 5.96 Å².